The van der Waals surface area contributed by atoms with E-state index >= 15 is 0 Å². The first-order valence-corrected chi connectivity index (χ1v) is 8.20. The summed E-state index contributed by atoms with van der Waals surface area (Å²) in [6.45, 7) is 13.8. The van der Waals surface area contributed by atoms with E-state index < -0.39 is 0 Å². The first-order valence-electron chi connectivity index (χ1n) is 8.20. The van der Waals surface area contributed by atoms with E-state index in [9.17, 15) is 0 Å². The van der Waals surface area contributed by atoms with Gasteiger partial charge in [-0.25, -0.2) is 0 Å². The maximum atomic E-state index is 2.57. The summed E-state index contributed by atoms with van der Waals surface area (Å²) in [7, 11) is 0. The van der Waals surface area contributed by atoms with Crippen LogP contribution in [0.3, 0.4) is 0 Å². The Bertz CT molecular complexity index is 685. The van der Waals surface area contributed by atoms with Crippen molar-refractivity contribution in [2.75, 3.05) is 4.90 Å². The van der Waals surface area contributed by atoms with Gasteiger partial charge in [-0.2, -0.15) is 0 Å². The lowest BCUT2D eigenvalue weighted by molar-refractivity contribution is 0.380. The van der Waals surface area contributed by atoms with Gasteiger partial charge in [-0.15, -0.1) is 0 Å². The summed E-state index contributed by atoms with van der Waals surface area (Å²) in [5, 5.41) is 0. The fourth-order valence-corrected chi connectivity index (χ4v) is 4.08. The predicted molar refractivity (Wildman–Crippen MR) is 96.7 cm³/mol. The van der Waals surface area contributed by atoms with Crippen LogP contribution in [0, 0.1) is 0 Å². The molecule has 0 heterocycles. The van der Waals surface area contributed by atoms with Gasteiger partial charge in [-0.1, -0.05) is 36.4 Å². The van der Waals surface area contributed by atoms with E-state index in [0.29, 0.717) is 0 Å². The number of rotatable bonds is 1. The highest BCUT2D eigenvalue weighted by molar-refractivity contribution is 5.82. The molecule has 116 valence electrons. The molecule has 0 saturated carbocycles. The van der Waals surface area contributed by atoms with Crippen molar-refractivity contribution in [2.24, 2.45) is 0 Å². The van der Waals surface area contributed by atoms with Crippen LogP contribution < -0.4 is 4.90 Å². The molecule has 0 fully saturated rings. The zero-order valence-corrected chi connectivity index (χ0v) is 14.7. The van der Waals surface area contributed by atoms with Crippen LogP contribution in [0.2, 0.25) is 0 Å². The van der Waals surface area contributed by atoms with Crippen molar-refractivity contribution in [3.63, 3.8) is 0 Å². The Morgan fingerprint density at radius 3 is 1.95 bits per heavy atom. The minimum Gasteiger partial charge on any atom is -0.362 e. The molecule has 0 saturated heterocycles. The SMILES string of the molecule is CC(C)(C)N(c1cccc2c1Cc1ccccc1-2)C(C)(C)C. The minimum absolute atomic E-state index is 0.0855. The topological polar surface area (TPSA) is 3.24 Å². The van der Waals surface area contributed by atoms with Crippen LogP contribution in [-0.4, -0.2) is 11.1 Å². The van der Waals surface area contributed by atoms with E-state index in [4.69, 9.17) is 0 Å². The Labute approximate surface area is 135 Å². The molecule has 0 bridgehead atoms. The quantitative estimate of drug-likeness (QED) is 0.559. The molecule has 0 spiro atoms. The zero-order valence-electron chi connectivity index (χ0n) is 14.7. The maximum absolute atomic E-state index is 2.57. The number of nitrogens with zero attached hydrogens (tertiary/aromatic N) is 1. The van der Waals surface area contributed by atoms with Crippen LogP contribution in [-0.2, 0) is 6.42 Å². The lowest BCUT2D eigenvalue weighted by atomic mass is 9.92. The number of fused-ring (bicyclic) bond motifs is 3. The van der Waals surface area contributed by atoms with Crippen LogP contribution >= 0.6 is 0 Å². The van der Waals surface area contributed by atoms with Crippen molar-refractivity contribution >= 4 is 5.69 Å². The molecular weight excluding hydrogens is 266 g/mol. The van der Waals surface area contributed by atoms with Crippen molar-refractivity contribution in [3.8, 4) is 11.1 Å². The molecule has 1 nitrogen and oxygen atoms in total. The van der Waals surface area contributed by atoms with Crippen molar-refractivity contribution in [3.05, 3.63) is 53.6 Å². The van der Waals surface area contributed by atoms with Crippen LogP contribution in [0.1, 0.15) is 52.7 Å². The normalized spacial score (nSPS) is 13.7. The van der Waals surface area contributed by atoms with Gasteiger partial charge in [0, 0.05) is 23.2 Å². The number of hydrogen-bond acceptors (Lipinski definition) is 1. The van der Waals surface area contributed by atoms with E-state index in [1.165, 1.54) is 27.9 Å². The van der Waals surface area contributed by atoms with Crippen molar-refractivity contribution in [2.45, 2.75) is 59.0 Å². The highest BCUT2D eigenvalue weighted by Crippen LogP contribution is 2.44. The van der Waals surface area contributed by atoms with Crippen LogP contribution in [0.25, 0.3) is 11.1 Å². The van der Waals surface area contributed by atoms with E-state index in [2.05, 4.69) is 88.9 Å². The summed E-state index contributed by atoms with van der Waals surface area (Å²) >= 11 is 0. The van der Waals surface area contributed by atoms with Crippen molar-refractivity contribution < 1.29 is 0 Å². The van der Waals surface area contributed by atoms with Crippen LogP contribution in [0.5, 0.6) is 0 Å². The molecule has 0 aliphatic heterocycles. The number of anilines is 1. The Morgan fingerprint density at radius 2 is 1.32 bits per heavy atom. The van der Waals surface area contributed by atoms with Gasteiger partial charge in [-0.05, 0) is 69.9 Å². The van der Waals surface area contributed by atoms with Gasteiger partial charge in [0.2, 0.25) is 0 Å². The fraction of sp³-hybridized carbons (Fsp3) is 0.429. The predicted octanol–water partition coefficient (Wildman–Crippen LogP) is 5.66. The Balaban J connectivity index is 2.19. The molecule has 1 aliphatic carbocycles. The first-order chi connectivity index (χ1) is 10.2. The number of hydrogen-bond donors (Lipinski definition) is 0. The van der Waals surface area contributed by atoms with E-state index in [0.717, 1.165) is 6.42 Å². The Morgan fingerprint density at radius 1 is 0.727 bits per heavy atom. The van der Waals surface area contributed by atoms with Crippen LogP contribution in [0.15, 0.2) is 42.5 Å². The molecular formula is C21H27N. The van der Waals surface area contributed by atoms with Gasteiger partial charge >= 0.3 is 0 Å². The maximum Gasteiger partial charge on any atom is 0.0417 e. The van der Waals surface area contributed by atoms with Gasteiger partial charge in [0.05, 0.1) is 0 Å². The molecule has 2 aromatic rings. The first kappa shape index (κ1) is 15.1. The summed E-state index contributed by atoms with van der Waals surface area (Å²) in [4.78, 5) is 2.57. The summed E-state index contributed by atoms with van der Waals surface area (Å²) in [5.41, 5.74) is 7.30. The molecule has 0 aromatic heterocycles. The number of benzene rings is 2. The van der Waals surface area contributed by atoms with E-state index in [1.807, 2.05) is 0 Å². The summed E-state index contributed by atoms with van der Waals surface area (Å²) in [6.07, 6.45) is 1.05. The fourth-order valence-electron chi connectivity index (χ4n) is 4.08. The van der Waals surface area contributed by atoms with E-state index in [1.54, 1.807) is 0 Å². The van der Waals surface area contributed by atoms with E-state index in [-0.39, 0.29) is 11.1 Å². The Kier molecular flexibility index (Phi) is 3.36. The summed E-state index contributed by atoms with van der Waals surface area (Å²) < 4.78 is 0. The molecule has 3 rings (SSSR count). The minimum atomic E-state index is 0.0855. The second-order valence-corrected chi connectivity index (χ2v) is 8.31. The second-order valence-electron chi connectivity index (χ2n) is 8.31. The lowest BCUT2D eigenvalue weighted by Gasteiger charge is -2.48. The van der Waals surface area contributed by atoms with Gasteiger partial charge < -0.3 is 4.90 Å². The van der Waals surface area contributed by atoms with Gasteiger partial charge in [0.1, 0.15) is 0 Å². The molecule has 0 N–H and O–H groups in total. The molecule has 22 heavy (non-hydrogen) atoms. The van der Waals surface area contributed by atoms with Gasteiger partial charge in [-0.3, -0.25) is 0 Å². The Hall–Kier alpha value is -1.76. The van der Waals surface area contributed by atoms with Crippen molar-refractivity contribution in [1.82, 2.24) is 0 Å². The summed E-state index contributed by atoms with van der Waals surface area (Å²) in [6, 6.07) is 15.6. The lowest BCUT2D eigenvalue weighted by Crippen LogP contribution is -2.53. The van der Waals surface area contributed by atoms with Crippen molar-refractivity contribution in [1.29, 1.82) is 0 Å². The average Bonchev–Trinajstić information content (AvgIpc) is 2.75. The van der Waals surface area contributed by atoms with Gasteiger partial charge in [0.25, 0.3) is 0 Å². The molecule has 1 aliphatic rings. The molecule has 0 amide bonds. The zero-order chi connectivity index (χ0) is 16.1. The monoisotopic (exact) mass is 293 g/mol. The molecule has 0 atom stereocenters. The molecule has 0 radical (unpaired) electrons. The largest absolute Gasteiger partial charge is 0.362 e. The average molecular weight is 293 g/mol. The standard InChI is InChI=1S/C21H27N/c1-20(2,3)22(21(4,5)6)19-13-9-12-17-16-11-8-7-10-15(16)14-18(17)19/h7-13H,14H2,1-6H3. The third-order valence-corrected chi connectivity index (χ3v) is 4.41. The molecule has 2 aromatic carbocycles. The van der Waals surface area contributed by atoms with Gasteiger partial charge in [0.15, 0.2) is 0 Å². The smallest absolute Gasteiger partial charge is 0.0417 e. The molecule has 0 unspecified atom stereocenters. The third kappa shape index (κ3) is 2.43. The third-order valence-electron chi connectivity index (χ3n) is 4.41. The molecule has 1 heteroatoms. The van der Waals surface area contributed by atoms with Crippen LogP contribution in [0.4, 0.5) is 5.69 Å². The second kappa shape index (κ2) is 4.87. The highest BCUT2D eigenvalue weighted by Gasteiger charge is 2.34. The highest BCUT2D eigenvalue weighted by atomic mass is 15.2. The summed E-state index contributed by atoms with van der Waals surface area (Å²) in [5.74, 6) is 0.